The third-order valence-electron chi connectivity index (χ3n) is 1.83. The SMILES string of the molecule is Cn1c(N)nnc1SCCC(=O)OC(C)(C)C. The maximum absolute atomic E-state index is 11.4. The van der Waals surface area contributed by atoms with Gasteiger partial charge in [0, 0.05) is 12.8 Å². The lowest BCUT2D eigenvalue weighted by molar-refractivity contribution is -0.154. The van der Waals surface area contributed by atoms with E-state index >= 15 is 0 Å². The van der Waals surface area contributed by atoms with E-state index in [1.54, 1.807) is 11.6 Å². The minimum Gasteiger partial charge on any atom is -0.460 e. The van der Waals surface area contributed by atoms with Crippen molar-refractivity contribution in [3.63, 3.8) is 0 Å². The van der Waals surface area contributed by atoms with Crippen LogP contribution in [0.25, 0.3) is 0 Å². The molecule has 96 valence electrons. The number of anilines is 1. The quantitative estimate of drug-likeness (QED) is 0.646. The molecule has 0 bridgehead atoms. The molecule has 1 rings (SSSR count). The number of hydrogen-bond donors (Lipinski definition) is 1. The van der Waals surface area contributed by atoms with Gasteiger partial charge in [-0.1, -0.05) is 11.8 Å². The lowest BCUT2D eigenvalue weighted by Gasteiger charge is -2.19. The van der Waals surface area contributed by atoms with E-state index in [9.17, 15) is 4.79 Å². The molecule has 6 nitrogen and oxygen atoms in total. The molecule has 1 heterocycles. The van der Waals surface area contributed by atoms with Crippen LogP contribution in [0.15, 0.2) is 5.16 Å². The third-order valence-corrected chi connectivity index (χ3v) is 2.85. The van der Waals surface area contributed by atoms with Crippen LogP contribution >= 0.6 is 11.8 Å². The van der Waals surface area contributed by atoms with Crippen molar-refractivity contribution in [2.24, 2.45) is 7.05 Å². The number of hydrogen-bond acceptors (Lipinski definition) is 6. The number of ether oxygens (including phenoxy) is 1. The fourth-order valence-corrected chi connectivity index (χ4v) is 1.91. The van der Waals surface area contributed by atoms with Gasteiger partial charge in [0.1, 0.15) is 5.60 Å². The predicted molar refractivity (Wildman–Crippen MR) is 66.6 cm³/mol. The molecule has 7 heteroatoms. The van der Waals surface area contributed by atoms with Gasteiger partial charge in [-0.2, -0.15) is 0 Å². The maximum atomic E-state index is 11.4. The fraction of sp³-hybridized carbons (Fsp3) is 0.700. The van der Waals surface area contributed by atoms with Crippen LogP contribution in [0, 0.1) is 0 Å². The van der Waals surface area contributed by atoms with Crippen molar-refractivity contribution in [3.8, 4) is 0 Å². The normalized spacial score (nSPS) is 11.5. The Morgan fingerprint density at radius 3 is 2.59 bits per heavy atom. The Labute approximate surface area is 105 Å². The first-order chi connectivity index (χ1) is 7.79. The summed E-state index contributed by atoms with van der Waals surface area (Å²) in [6.07, 6.45) is 0.342. The molecule has 0 aliphatic rings. The van der Waals surface area contributed by atoms with Crippen molar-refractivity contribution in [1.82, 2.24) is 14.8 Å². The summed E-state index contributed by atoms with van der Waals surface area (Å²) < 4.78 is 6.87. The van der Waals surface area contributed by atoms with Gasteiger partial charge in [0.2, 0.25) is 5.95 Å². The van der Waals surface area contributed by atoms with E-state index in [4.69, 9.17) is 10.5 Å². The number of nitrogen functional groups attached to an aromatic ring is 1. The second-order valence-electron chi connectivity index (χ2n) is 4.58. The highest BCUT2D eigenvalue weighted by atomic mass is 32.2. The minimum atomic E-state index is -0.434. The van der Waals surface area contributed by atoms with Crippen LogP contribution in [0.1, 0.15) is 27.2 Å². The van der Waals surface area contributed by atoms with Gasteiger partial charge in [-0.05, 0) is 20.8 Å². The zero-order valence-corrected chi connectivity index (χ0v) is 11.4. The molecule has 0 aromatic carbocycles. The van der Waals surface area contributed by atoms with Crippen molar-refractivity contribution < 1.29 is 9.53 Å². The Hall–Kier alpha value is -1.24. The molecule has 0 spiro atoms. The van der Waals surface area contributed by atoms with Crippen molar-refractivity contribution in [2.45, 2.75) is 37.9 Å². The van der Waals surface area contributed by atoms with Gasteiger partial charge in [-0.3, -0.25) is 9.36 Å². The summed E-state index contributed by atoms with van der Waals surface area (Å²) in [7, 11) is 1.78. The van der Waals surface area contributed by atoms with Gasteiger partial charge in [0.25, 0.3) is 0 Å². The second kappa shape index (κ2) is 5.39. The van der Waals surface area contributed by atoms with Crippen LogP contribution in [0.4, 0.5) is 5.95 Å². The molecular formula is C10H18N4O2S. The van der Waals surface area contributed by atoms with Crippen LogP contribution in [0.5, 0.6) is 0 Å². The van der Waals surface area contributed by atoms with E-state index < -0.39 is 5.60 Å². The number of carbonyl (C=O) groups is 1. The first-order valence-corrected chi connectivity index (χ1v) is 6.27. The van der Waals surface area contributed by atoms with Crippen LogP contribution in [0.3, 0.4) is 0 Å². The van der Waals surface area contributed by atoms with Crippen molar-refractivity contribution in [2.75, 3.05) is 11.5 Å². The van der Waals surface area contributed by atoms with Crippen molar-refractivity contribution >= 4 is 23.7 Å². The van der Waals surface area contributed by atoms with Crippen LogP contribution in [-0.4, -0.2) is 32.1 Å². The van der Waals surface area contributed by atoms with Gasteiger partial charge in [-0.25, -0.2) is 0 Å². The summed E-state index contributed by atoms with van der Waals surface area (Å²) >= 11 is 1.43. The zero-order chi connectivity index (χ0) is 13.1. The van der Waals surface area contributed by atoms with Crippen molar-refractivity contribution in [1.29, 1.82) is 0 Å². The lowest BCUT2D eigenvalue weighted by Crippen LogP contribution is -2.24. The van der Waals surface area contributed by atoms with E-state index in [1.807, 2.05) is 20.8 Å². The molecule has 1 aromatic heterocycles. The monoisotopic (exact) mass is 258 g/mol. The molecule has 0 fully saturated rings. The summed E-state index contributed by atoms with van der Waals surface area (Å²) in [4.78, 5) is 11.4. The first-order valence-electron chi connectivity index (χ1n) is 5.29. The maximum Gasteiger partial charge on any atom is 0.307 e. The summed E-state index contributed by atoms with van der Waals surface area (Å²) in [6, 6.07) is 0. The Kier molecular flexibility index (Phi) is 4.39. The molecule has 0 atom stereocenters. The number of rotatable bonds is 4. The summed E-state index contributed by atoms with van der Waals surface area (Å²) in [5, 5.41) is 8.31. The molecule has 0 amide bonds. The minimum absolute atomic E-state index is 0.208. The molecule has 0 radical (unpaired) electrons. The molecule has 0 aliphatic carbocycles. The molecule has 0 unspecified atom stereocenters. The molecule has 17 heavy (non-hydrogen) atoms. The van der Waals surface area contributed by atoms with E-state index in [0.717, 1.165) is 0 Å². The molecule has 0 saturated heterocycles. The van der Waals surface area contributed by atoms with Gasteiger partial charge in [-0.15, -0.1) is 10.2 Å². The van der Waals surface area contributed by atoms with Gasteiger partial charge in [0.15, 0.2) is 5.16 Å². The smallest absolute Gasteiger partial charge is 0.307 e. The standard InChI is InChI=1S/C10H18N4O2S/c1-10(2,3)16-7(15)5-6-17-9-13-12-8(11)14(9)4/h5-6H2,1-4H3,(H2,11,12). The highest BCUT2D eigenvalue weighted by Crippen LogP contribution is 2.18. The molecule has 1 aromatic rings. The van der Waals surface area contributed by atoms with Crippen molar-refractivity contribution in [3.05, 3.63) is 0 Å². The second-order valence-corrected chi connectivity index (χ2v) is 5.65. The summed E-state index contributed by atoms with van der Waals surface area (Å²) in [6.45, 7) is 5.55. The number of carbonyl (C=O) groups excluding carboxylic acids is 1. The molecule has 0 saturated carbocycles. The Balaban J connectivity index is 2.34. The largest absolute Gasteiger partial charge is 0.460 e. The van der Waals surface area contributed by atoms with Gasteiger partial charge in [0.05, 0.1) is 6.42 Å². The van der Waals surface area contributed by atoms with E-state index in [-0.39, 0.29) is 5.97 Å². The topological polar surface area (TPSA) is 83.0 Å². The number of esters is 1. The zero-order valence-electron chi connectivity index (χ0n) is 10.6. The Morgan fingerprint density at radius 2 is 2.12 bits per heavy atom. The van der Waals surface area contributed by atoms with Crippen LogP contribution in [-0.2, 0) is 16.6 Å². The highest BCUT2D eigenvalue weighted by molar-refractivity contribution is 7.99. The summed E-state index contributed by atoms with van der Waals surface area (Å²) in [5.74, 6) is 0.755. The van der Waals surface area contributed by atoms with Gasteiger partial charge >= 0.3 is 5.97 Å². The predicted octanol–water partition coefficient (Wildman–Crippen LogP) is 1.22. The van der Waals surface area contributed by atoms with Gasteiger partial charge < -0.3 is 10.5 Å². The molecule has 2 N–H and O–H groups in total. The average Bonchev–Trinajstić information content (AvgIpc) is 2.46. The van der Waals surface area contributed by atoms with Crippen LogP contribution < -0.4 is 5.73 Å². The number of nitrogens with zero attached hydrogens (tertiary/aromatic N) is 3. The van der Waals surface area contributed by atoms with E-state index in [1.165, 1.54) is 11.8 Å². The van der Waals surface area contributed by atoms with Crippen LogP contribution in [0.2, 0.25) is 0 Å². The van der Waals surface area contributed by atoms with E-state index in [2.05, 4.69) is 10.2 Å². The lowest BCUT2D eigenvalue weighted by atomic mass is 10.2. The average molecular weight is 258 g/mol. The number of thioether (sulfide) groups is 1. The summed E-state index contributed by atoms with van der Waals surface area (Å²) in [5.41, 5.74) is 5.11. The number of aromatic nitrogens is 3. The Bertz CT molecular complexity index is 398. The third kappa shape index (κ3) is 4.64. The van der Waals surface area contributed by atoms with E-state index in [0.29, 0.717) is 23.3 Å². The number of nitrogens with two attached hydrogens (primary N) is 1. The Morgan fingerprint density at radius 1 is 1.47 bits per heavy atom. The molecule has 0 aliphatic heterocycles. The molecular weight excluding hydrogens is 240 g/mol. The highest BCUT2D eigenvalue weighted by Gasteiger charge is 2.16. The first kappa shape index (κ1) is 13.8. The fourth-order valence-electron chi connectivity index (χ4n) is 1.07.